The number of hydrogen-bond donors (Lipinski definition) is 1. The molecule has 3 aromatic carbocycles. The highest BCUT2D eigenvalue weighted by Gasteiger charge is 2.24. The predicted molar refractivity (Wildman–Crippen MR) is 170 cm³/mol. The Hall–Kier alpha value is -3.90. The summed E-state index contributed by atoms with van der Waals surface area (Å²) < 4.78 is 11.7. The van der Waals surface area contributed by atoms with Gasteiger partial charge < -0.3 is 14.8 Å². The second kappa shape index (κ2) is 13.2. The zero-order chi connectivity index (χ0) is 28.8. The van der Waals surface area contributed by atoms with E-state index in [9.17, 15) is 4.79 Å². The molecule has 212 valence electrons. The van der Waals surface area contributed by atoms with E-state index in [-0.39, 0.29) is 5.91 Å². The number of nitrogens with one attached hydrogen (secondary N) is 1. The molecule has 0 radical (unpaired) electrons. The average molecular weight is 567 g/mol. The Morgan fingerprint density at radius 2 is 1.68 bits per heavy atom. The number of carbonyl (C=O) groups excluding carboxylic acids is 1. The van der Waals surface area contributed by atoms with Gasteiger partial charge in [-0.2, -0.15) is 0 Å². The molecule has 6 heteroatoms. The van der Waals surface area contributed by atoms with Crippen molar-refractivity contribution >= 4 is 34.1 Å². The number of amides is 1. The second-order valence-electron chi connectivity index (χ2n) is 10.9. The minimum Gasteiger partial charge on any atom is -0.493 e. The molecule has 0 saturated heterocycles. The van der Waals surface area contributed by atoms with Gasteiger partial charge in [0.15, 0.2) is 11.5 Å². The minimum atomic E-state index is -0.0855. The van der Waals surface area contributed by atoms with E-state index in [4.69, 9.17) is 14.5 Å². The summed E-state index contributed by atoms with van der Waals surface area (Å²) in [6, 6.07) is 20.2. The smallest absolute Gasteiger partial charge is 0.259 e. The molecule has 1 aromatic heterocycles. The van der Waals surface area contributed by atoms with Gasteiger partial charge in [0.1, 0.15) is 11.6 Å². The molecule has 0 spiro atoms. The first-order chi connectivity index (χ1) is 19.9. The number of anilines is 1. The summed E-state index contributed by atoms with van der Waals surface area (Å²) in [4.78, 5) is 19.9. The fraction of sp³-hybridized carbons (Fsp3) is 0.314. The number of aryl methyl sites for hydroxylation is 4. The summed E-state index contributed by atoms with van der Waals surface area (Å²) in [5, 5.41) is 3.93. The number of carbonyl (C=O) groups is 1. The topological polar surface area (TPSA) is 59.9 Å². The zero-order valence-electron chi connectivity index (χ0n) is 24.4. The van der Waals surface area contributed by atoms with Crippen LogP contribution in [0.5, 0.6) is 11.5 Å². The third-order valence-electron chi connectivity index (χ3n) is 7.35. The van der Waals surface area contributed by atoms with Gasteiger partial charge in [0.2, 0.25) is 0 Å². The lowest BCUT2D eigenvalue weighted by molar-refractivity contribution is 0.102. The van der Waals surface area contributed by atoms with E-state index in [0.29, 0.717) is 23.7 Å². The molecule has 0 bridgehead atoms. The Morgan fingerprint density at radius 1 is 0.902 bits per heavy atom. The van der Waals surface area contributed by atoms with Gasteiger partial charge in [-0.3, -0.25) is 4.79 Å². The van der Waals surface area contributed by atoms with Crippen LogP contribution in [0.15, 0.2) is 65.7 Å². The molecule has 0 unspecified atom stereocenters. The maximum absolute atomic E-state index is 13.7. The van der Waals surface area contributed by atoms with Crippen LogP contribution in [0.2, 0.25) is 0 Å². The van der Waals surface area contributed by atoms with Gasteiger partial charge in [0, 0.05) is 16.8 Å². The lowest BCUT2D eigenvalue weighted by atomic mass is 9.96. The van der Waals surface area contributed by atoms with Crippen LogP contribution in [0.3, 0.4) is 0 Å². The van der Waals surface area contributed by atoms with Crippen molar-refractivity contribution in [2.24, 2.45) is 4.99 Å². The summed E-state index contributed by atoms with van der Waals surface area (Å²) in [6.07, 6.45) is 8.41. The van der Waals surface area contributed by atoms with E-state index >= 15 is 0 Å². The number of rotatable bonds is 8. The number of nitrogens with zero attached hydrogens (tertiary/aromatic N) is 1. The molecular formula is C35H38N2O3S. The second-order valence-corrected chi connectivity index (χ2v) is 12.0. The van der Waals surface area contributed by atoms with Gasteiger partial charge in [-0.15, -0.1) is 11.3 Å². The van der Waals surface area contributed by atoms with E-state index in [1.807, 2.05) is 56.5 Å². The molecule has 1 N–H and O–H groups in total. The predicted octanol–water partition coefficient (Wildman–Crippen LogP) is 8.92. The highest BCUT2D eigenvalue weighted by Crippen LogP contribution is 2.39. The Bertz CT molecular complexity index is 1550. The van der Waals surface area contributed by atoms with E-state index in [0.717, 1.165) is 58.6 Å². The molecule has 0 atom stereocenters. The van der Waals surface area contributed by atoms with Gasteiger partial charge in [-0.05, 0) is 105 Å². The molecule has 41 heavy (non-hydrogen) atoms. The molecule has 5 rings (SSSR count). The Balaban J connectivity index is 1.41. The molecule has 4 aromatic rings. The van der Waals surface area contributed by atoms with Crippen LogP contribution in [-0.4, -0.2) is 19.2 Å². The van der Waals surface area contributed by atoms with E-state index in [2.05, 4.69) is 36.5 Å². The molecule has 0 fully saturated rings. The van der Waals surface area contributed by atoms with Crippen LogP contribution < -0.4 is 14.8 Å². The van der Waals surface area contributed by atoms with Crippen molar-refractivity contribution in [2.45, 2.75) is 65.9 Å². The van der Waals surface area contributed by atoms with Crippen molar-refractivity contribution in [3.8, 4) is 11.5 Å². The van der Waals surface area contributed by atoms with E-state index in [1.165, 1.54) is 28.8 Å². The molecule has 1 amide bonds. The summed E-state index contributed by atoms with van der Waals surface area (Å²) in [5.74, 6) is 1.24. The van der Waals surface area contributed by atoms with E-state index < -0.39 is 0 Å². The molecule has 0 saturated carbocycles. The van der Waals surface area contributed by atoms with Crippen LogP contribution in [0.4, 0.5) is 10.7 Å². The molecule has 1 aliphatic carbocycles. The number of methoxy groups -OCH3 is 1. The van der Waals surface area contributed by atoms with Crippen LogP contribution in [0, 0.1) is 20.8 Å². The standard InChI is InChI=1S/C35H38N2O3S/c1-23-10-9-11-27(17-23)22-40-30-15-14-26(20-31(30)39-4)21-36-35-33(29-12-7-5-6-8-13-32(29)41-35)34(38)37-28-18-24(2)16-25(3)19-28/h9-11,14-21H,5-8,12-13,22H2,1-4H3,(H,37,38). The number of benzene rings is 3. The Labute approximate surface area is 247 Å². The van der Waals surface area contributed by atoms with Crippen molar-refractivity contribution in [1.29, 1.82) is 0 Å². The van der Waals surface area contributed by atoms with Crippen LogP contribution >= 0.6 is 11.3 Å². The van der Waals surface area contributed by atoms with Gasteiger partial charge >= 0.3 is 0 Å². The normalized spacial score (nSPS) is 13.4. The summed E-state index contributed by atoms with van der Waals surface area (Å²) in [6.45, 7) is 6.63. The first-order valence-electron chi connectivity index (χ1n) is 14.3. The first kappa shape index (κ1) is 28.6. The van der Waals surface area contributed by atoms with Crippen molar-refractivity contribution in [3.63, 3.8) is 0 Å². The van der Waals surface area contributed by atoms with Crippen LogP contribution in [0.25, 0.3) is 0 Å². The minimum absolute atomic E-state index is 0.0855. The van der Waals surface area contributed by atoms with Crippen molar-refractivity contribution in [2.75, 3.05) is 12.4 Å². The fourth-order valence-electron chi connectivity index (χ4n) is 5.45. The number of hydrogen-bond acceptors (Lipinski definition) is 5. The maximum atomic E-state index is 13.7. The molecular weight excluding hydrogens is 528 g/mol. The molecule has 5 nitrogen and oxygen atoms in total. The monoisotopic (exact) mass is 566 g/mol. The van der Waals surface area contributed by atoms with Crippen LogP contribution in [-0.2, 0) is 19.4 Å². The highest BCUT2D eigenvalue weighted by atomic mass is 32.1. The largest absolute Gasteiger partial charge is 0.493 e. The third kappa shape index (κ3) is 7.25. The van der Waals surface area contributed by atoms with Gasteiger partial charge in [0.25, 0.3) is 5.91 Å². The lowest BCUT2D eigenvalue weighted by Crippen LogP contribution is -2.14. The van der Waals surface area contributed by atoms with Crippen molar-refractivity contribution in [3.05, 3.63) is 104 Å². The average Bonchev–Trinajstić information content (AvgIpc) is 3.26. The quantitative estimate of drug-likeness (QED) is 0.217. The Morgan fingerprint density at radius 3 is 2.44 bits per heavy atom. The van der Waals surface area contributed by atoms with Crippen LogP contribution in [0.1, 0.15) is 74.3 Å². The van der Waals surface area contributed by atoms with E-state index in [1.54, 1.807) is 18.4 Å². The fourth-order valence-corrected chi connectivity index (χ4v) is 6.68. The van der Waals surface area contributed by atoms with Gasteiger partial charge in [0.05, 0.1) is 12.7 Å². The van der Waals surface area contributed by atoms with Crippen molar-refractivity contribution in [1.82, 2.24) is 0 Å². The zero-order valence-corrected chi connectivity index (χ0v) is 25.2. The first-order valence-corrected chi connectivity index (χ1v) is 15.2. The van der Waals surface area contributed by atoms with Gasteiger partial charge in [-0.1, -0.05) is 48.7 Å². The summed E-state index contributed by atoms with van der Waals surface area (Å²) >= 11 is 1.65. The maximum Gasteiger partial charge on any atom is 0.259 e. The number of thiophene rings is 1. The highest BCUT2D eigenvalue weighted by molar-refractivity contribution is 7.16. The molecule has 0 aliphatic heterocycles. The number of aliphatic imine (C=N–C) groups is 1. The summed E-state index contributed by atoms with van der Waals surface area (Å²) in [7, 11) is 1.64. The number of fused-ring (bicyclic) bond motifs is 1. The molecule has 1 heterocycles. The summed E-state index contributed by atoms with van der Waals surface area (Å²) in [5.41, 5.74) is 8.14. The lowest BCUT2D eigenvalue weighted by Gasteiger charge is -2.12. The number of ether oxygens (including phenoxy) is 2. The SMILES string of the molecule is COc1cc(C=Nc2sc3c(c2C(=O)Nc2cc(C)cc(C)c2)CCCCCC3)ccc1OCc1cccc(C)c1. The Kier molecular flexibility index (Phi) is 9.20. The molecule has 1 aliphatic rings. The van der Waals surface area contributed by atoms with Crippen molar-refractivity contribution < 1.29 is 14.3 Å². The third-order valence-corrected chi connectivity index (χ3v) is 8.55. The van der Waals surface area contributed by atoms with Gasteiger partial charge in [-0.25, -0.2) is 4.99 Å².